The molecule has 2 aromatic rings. The van der Waals surface area contributed by atoms with E-state index in [1.54, 1.807) is 25.5 Å². The van der Waals surface area contributed by atoms with Gasteiger partial charge in [0.15, 0.2) is 17.5 Å². The molecule has 0 aliphatic rings. The van der Waals surface area contributed by atoms with Gasteiger partial charge in [0.1, 0.15) is 0 Å². The van der Waals surface area contributed by atoms with Gasteiger partial charge >= 0.3 is 0 Å². The molecule has 1 heterocycles. The van der Waals surface area contributed by atoms with E-state index in [2.05, 4.69) is 15.3 Å². The van der Waals surface area contributed by atoms with Gasteiger partial charge in [-0.25, -0.2) is 13.2 Å². The van der Waals surface area contributed by atoms with Crippen LogP contribution in [0.4, 0.5) is 13.2 Å². The van der Waals surface area contributed by atoms with Crippen molar-refractivity contribution in [3.8, 4) is 0 Å². The third kappa shape index (κ3) is 4.28. The average Bonchev–Trinajstić information content (AvgIpc) is 2.45. The first-order valence-electron chi connectivity index (χ1n) is 6.63. The number of rotatable bonds is 5. The second-order valence-corrected chi connectivity index (χ2v) is 4.92. The monoisotopic (exact) mass is 309 g/mol. The Hall–Kier alpha value is -2.44. The van der Waals surface area contributed by atoms with E-state index in [0.717, 1.165) is 12.1 Å². The van der Waals surface area contributed by atoms with Crippen LogP contribution in [-0.4, -0.2) is 21.9 Å². The summed E-state index contributed by atoms with van der Waals surface area (Å²) < 4.78 is 39.0. The summed E-state index contributed by atoms with van der Waals surface area (Å²) in [6, 6.07) is 1.40. The summed E-state index contributed by atoms with van der Waals surface area (Å²) in [4.78, 5) is 19.8. The quantitative estimate of drug-likeness (QED) is 0.861. The molecule has 4 nitrogen and oxygen atoms in total. The van der Waals surface area contributed by atoms with E-state index in [4.69, 9.17) is 0 Å². The van der Waals surface area contributed by atoms with Crippen LogP contribution in [0.15, 0.2) is 30.7 Å². The molecule has 0 aliphatic carbocycles. The summed E-state index contributed by atoms with van der Waals surface area (Å²) in [5.74, 6) is -4.58. The Balaban J connectivity index is 1.92. The average molecular weight is 309 g/mol. The predicted molar refractivity (Wildman–Crippen MR) is 73.4 cm³/mol. The molecule has 0 aliphatic heterocycles. The molecule has 0 radical (unpaired) electrons. The topological polar surface area (TPSA) is 54.9 Å². The molecule has 0 fully saturated rings. The maximum atomic E-state index is 13.1. The SMILES string of the molecule is C[C@H](Cc1cnccn1)NC(=O)Cc1cc(F)c(F)c(F)c1. The van der Waals surface area contributed by atoms with Gasteiger partial charge in [0.2, 0.25) is 5.91 Å². The van der Waals surface area contributed by atoms with Crippen LogP contribution in [0.2, 0.25) is 0 Å². The van der Waals surface area contributed by atoms with Gasteiger partial charge < -0.3 is 5.32 Å². The number of nitrogens with zero attached hydrogens (tertiary/aromatic N) is 2. The summed E-state index contributed by atoms with van der Waals surface area (Å²) in [6.45, 7) is 1.78. The van der Waals surface area contributed by atoms with E-state index >= 15 is 0 Å². The summed E-state index contributed by atoms with van der Waals surface area (Å²) >= 11 is 0. The van der Waals surface area contributed by atoms with E-state index in [0.29, 0.717) is 12.1 Å². The summed E-state index contributed by atoms with van der Waals surface area (Å²) in [7, 11) is 0. The fourth-order valence-corrected chi connectivity index (χ4v) is 2.02. The minimum Gasteiger partial charge on any atom is -0.353 e. The standard InChI is InChI=1S/C15H14F3N3O/c1-9(4-11-8-19-2-3-20-11)21-14(22)7-10-5-12(16)15(18)13(17)6-10/h2-3,5-6,8-9H,4,7H2,1H3,(H,21,22)/t9-/m1/s1. The Bertz CT molecular complexity index is 641. The molecule has 1 atom stereocenters. The summed E-state index contributed by atoms with van der Waals surface area (Å²) in [5, 5.41) is 2.69. The molecule has 0 saturated carbocycles. The van der Waals surface area contributed by atoms with Crippen LogP contribution < -0.4 is 5.32 Å². The van der Waals surface area contributed by atoms with Crippen LogP contribution in [-0.2, 0) is 17.6 Å². The molecular weight excluding hydrogens is 295 g/mol. The zero-order chi connectivity index (χ0) is 16.1. The summed E-state index contributed by atoms with van der Waals surface area (Å²) in [5.41, 5.74) is 0.787. The smallest absolute Gasteiger partial charge is 0.224 e. The first-order valence-corrected chi connectivity index (χ1v) is 6.63. The lowest BCUT2D eigenvalue weighted by Gasteiger charge is -2.13. The highest BCUT2D eigenvalue weighted by molar-refractivity contribution is 5.78. The van der Waals surface area contributed by atoms with E-state index in [-0.39, 0.29) is 18.0 Å². The first-order chi connectivity index (χ1) is 10.5. The van der Waals surface area contributed by atoms with Crippen LogP contribution in [0.3, 0.4) is 0 Å². The molecule has 0 spiro atoms. The molecule has 0 saturated heterocycles. The minimum atomic E-state index is -1.54. The number of hydrogen-bond donors (Lipinski definition) is 1. The number of carbonyl (C=O) groups excluding carboxylic acids is 1. The number of halogens is 3. The predicted octanol–water partition coefficient (Wildman–Crippen LogP) is 2.18. The molecule has 1 N–H and O–H groups in total. The van der Waals surface area contributed by atoms with Crippen LogP contribution in [0.25, 0.3) is 0 Å². The maximum Gasteiger partial charge on any atom is 0.224 e. The van der Waals surface area contributed by atoms with Crippen molar-refractivity contribution < 1.29 is 18.0 Å². The van der Waals surface area contributed by atoms with Crippen LogP contribution in [0.5, 0.6) is 0 Å². The highest BCUT2D eigenvalue weighted by Gasteiger charge is 2.14. The second kappa shape index (κ2) is 7.02. The van der Waals surface area contributed by atoms with Crippen molar-refractivity contribution in [1.82, 2.24) is 15.3 Å². The third-order valence-corrected chi connectivity index (χ3v) is 2.95. The Labute approximate surface area is 125 Å². The van der Waals surface area contributed by atoms with Gasteiger partial charge in [-0.05, 0) is 24.6 Å². The summed E-state index contributed by atoms with van der Waals surface area (Å²) in [6.07, 6.45) is 4.93. The van der Waals surface area contributed by atoms with Crippen molar-refractivity contribution in [1.29, 1.82) is 0 Å². The van der Waals surface area contributed by atoms with Crippen LogP contribution in [0, 0.1) is 17.5 Å². The maximum absolute atomic E-state index is 13.1. The normalized spacial score (nSPS) is 12.0. The number of amides is 1. The lowest BCUT2D eigenvalue weighted by Crippen LogP contribution is -2.35. The Morgan fingerprint density at radius 1 is 1.23 bits per heavy atom. The van der Waals surface area contributed by atoms with Crippen molar-refractivity contribution in [2.45, 2.75) is 25.8 Å². The Kier molecular flexibility index (Phi) is 5.08. The molecule has 2 rings (SSSR count). The van der Waals surface area contributed by atoms with E-state index in [1.807, 2.05) is 0 Å². The molecule has 116 valence electrons. The molecule has 0 bridgehead atoms. The van der Waals surface area contributed by atoms with Gasteiger partial charge in [-0.1, -0.05) is 0 Å². The lowest BCUT2D eigenvalue weighted by molar-refractivity contribution is -0.121. The number of nitrogens with one attached hydrogen (secondary N) is 1. The zero-order valence-corrected chi connectivity index (χ0v) is 11.8. The third-order valence-electron chi connectivity index (χ3n) is 2.95. The molecular formula is C15H14F3N3O. The molecule has 7 heteroatoms. The second-order valence-electron chi connectivity index (χ2n) is 4.92. The molecule has 1 aromatic heterocycles. The van der Waals surface area contributed by atoms with Crippen LogP contribution >= 0.6 is 0 Å². The number of benzene rings is 1. The van der Waals surface area contributed by atoms with Crippen molar-refractivity contribution in [3.05, 3.63) is 59.4 Å². The van der Waals surface area contributed by atoms with Gasteiger partial charge in [-0.2, -0.15) is 0 Å². The number of aromatic nitrogens is 2. The highest BCUT2D eigenvalue weighted by atomic mass is 19.2. The fraction of sp³-hybridized carbons (Fsp3) is 0.267. The van der Waals surface area contributed by atoms with Gasteiger partial charge in [-0.3, -0.25) is 14.8 Å². The zero-order valence-electron chi connectivity index (χ0n) is 11.8. The van der Waals surface area contributed by atoms with Gasteiger partial charge in [-0.15, -0.1) is 0 Å². The van der Waals surface area contributed by atoms with Crippen molar-refractivity contribution in [2.24, 2.45) is 0 Å². The van der Waals surface area contributed by atoms with Gasteiger partial charge in [0.25, 0.3) is 0 Å². The molecule has 0 unspecified atom stereocenters. The highest BCUT2D eigenvalue weighted by Crippen LogP contribution is 2.14. The van der Waals surface area contributed by atoms with Crippen molar-refractivity contribution in [3.63, 3.8) is 0 Å². The van der Waals surface area contributed by atoms with Crippen molar-refractivity contribution >= 4 is 5.91 Å². The molecule has 1 amide bonds. The molecule has 22 heavy (non-hydrogen) atoms. The lowest BCUT2D eigenvalue weighted by atomic mass is 10.1. The Morgan fingerprint density at radius 3 is 2.50 bits per heavy atom. The van der Waals surface area contributed by atoms with E-state index in [1.165, 1.54) is 0 Å². The molecule has 1 aromatic carbocycles. The number of hydrogen-bond acceptors (Lipinski definition) is 3. The fourth-order valence-electron chi connectivity index (χ4n) is 2.02. The number of carbonyl (C=O) groups is 1. The van der Waals surface area contributed by atoms with Crippen molar-refractivity contribution in [2.75, 3.05) is 0 Å². The first kappa shape index (κ1) is 15.9. The van der Waals surface area contributed by atoms with Gasteiger partial charge in [0, 0.05) is 31.1 Å². The Morgan fingerprint density at radius 2 is 1.91 bits per heavy atom. The minimum absolute atomic E-state index is 0.0700. The van der Waals surface area contributed by atoms with E-state index in [9.17, 15) is 18.0 Å². The van der Waals surface area contributed by atoms with E-state index < -0.39 is 23.4 Å². The van der Waals surface area contributed by atoms with Crippen LogP contribution in [0.1, 0.15) is 18.2 Å². The largest absolute Gasteiger partial charge is 0.353 e. The van der Waals surface area contributed by atoms with Gasteiger partial charge in [0.05, 0.1) is 12.1 Å².